The molecule has 1 aliphatic rings. The van der Waals surface area contributed by atoms with E-state index in [1.165, 1.54) is 13.5 Å². The number of amides is 1. The lowest BCUT2D eigenvalue weighted by Gasteiger charge is -2.34. The smallest absolute Gasteiger partial charge is 0.267 e. The normalized spacial score (nSPS) is 21.1. The maximum Gasteiger partial charge on any atom is 0.267 e. The van der Waals surface area contributed by atoms with Gasteiger partial charge in [-0.3, -0.25) is 4.79 Å². The SMILES string of the molecule is COc1ccc(NC(=O)/C(C#N)=C\N2CC(C)CC(C)C2)cc1Cl. The highest BCUT2D eigenvalue weighted by Crippen LogP contribution is 2.27. The van der Waals surface area contributed by atoms with E-state index < -0.39 is 5.91 Å². The molecule has 0 bridgehead atoms. The van der Waals surface area contributed by atoms with E-state index in [-0.39, 0.29) is 5.57 Å². The zero-order chi connectivity index (χ0) is 17.7. The first kappa shape index (κ1) is 18.2. The standard InChI is InChI=1S/C18H22ClN3O2/c1-12-6-13(2)10-22(9-12)11-14(8-20)18(23)21-15-4-5-17(24-3)16(19)7-15/h4-5,7,11-13H,6,9-10H2,1-3H3,(H,21,23)/b14-11-. The van der Waals surface area contributed by atoms with Crippen LogP contribution in [0.2, 0.25) is 5.02 Å². The average Bonchev–Trinajstić information content (AvgIpc) is 2.51. The van der Waals surface area contributed by atoms with Crippen molar-refractivity contribution in [3.8, 4) is 11.8 Å². The molecule has 1 aromatic rings. The van der Waals surface area contributed by atoms with Gasteiger partial charge in [-0.05, 0) is 36.5 Å². The maximum atomic E-state index is 12.3. The molecule has 0 aromatic heterocycles. The minimum Gasteiger partial charge on any atom is -0.495 e. The number of nitrogens with zero attached hydrogens (tertiary/aromatic N) is 2. The van der Waals surface area contributed by atoms with E-state index >= 15 is 0 Å². The number of likely N-dealkylation sites (tertiary alicyclic amines) is 1. The van der Waals surface area contributed by atoms with Crippen molar-refractivity contribution in [2.75, 3.05) is 25.5 Å². The van der Waals surface area contributed by atoms with Crippen LogP contribution >= 0.6 is 11.6 Å². The van der Waals surface area contributed by atoms with E-state index in [9.17, 15) is 10.1 Å². The number of ether oxygens (including phenoxy) is 1. The van der Waals surface area contributed by atoms with Crippen molar-refractivity contribution in [3.63, 3.8) is 0 Å². The average molecular weight is 348 g/mol. The van der Waals surface area contributed by atoms with Gasteiger partial charge in [-0.1, -0.05) is 25.4 Å². The number of piperidine rings is 1. The van der Waals surface area contributed by atoms with Crippen LogP contribution in [0.5, 0.6) is 5.75 Å². The summed E-state index contributed by atoms with van der Waals surface area (Å²) < 4.78 is 5.08. The van der Waals surface area contributed by atoms with Crippen molar-refractivity contribution < 1.29 is 9.53 Å². The molecule has 1 saturated heterocycles. The molecule has 24 heavy (non-hydrogen) atoms. The van der Waals surface area contributed by atoms with Crippen molar-refractivity contribution in [2.24, 2.45) is 11.8 Å². The number of halogens is 1. The molecule has 1 fully saturated rings. The highest BCUT2D eigenvalue weighted by molar-refractivity contribution is 6.32. The van der Waals surface area contributed by atoms with E-state index in [0.717, 1.165) is 13.1 Å². The summed E-state index contributed by atoms with van der Waals surface area (Å²) >= 11 is 6.05. The van der Waals surface area contributed by atoms with Crippen LogP contribution in [0.3, 0.4) is 0 Å². The molecule has 2 atom stereocenters. The van der Waals surface area contributed by atoms with E-state index in [1.807, 2.05) is 6.07 Å². The molecule has 1 aliphatic heterocycles. The third kappa shape index (κ3) is 4.65. The maximum absolute atomic E-state index is 12.3. The number of hydrogen-bond acceptors (Lipinski definition) is 4. The molecule has 128 valence electrons. The molecule has 0 spiro atoms. The fraction of sp³-hybridized carbons (Fsp3) is 0.444. The Morgan fingerprint density at radius 2 is 2.08 bits per heavy atom. The van der Waals surface area contributed by atoms with Gasteiger partial charge in [0.15, 0.2) is 0 Å². The van der Waals surface area contributed by atoms with E-state index in [4.69, 9.17) is 16.3 Å². The number of benzene rings is 1. The largest absolute Gasteiger partial charge is 0.495 e. The zero-order valence-electron chi connectivity index (χ0n) is 14.2. The molecule has 1 amide bonds. The van der Waals surface area contributed by atoms with Gasteiger partial charge in [-0.25, -0.2) is 0 Å². The Morgan fingerprint density at radius 3 is 2.62 bits per heavy atom. The second-order valence-corrected chi connectivity index (χ2v) is 6.77. The van der Waals surface area contributed by atoms with Gasteiger partial charge in [0.2, 0.25) is 0 Å². The second-order valence-electron chi connectivity index (χ2n) is 6.36. The topological polar surface area (TPSA) is 65.4 Å². The van der Waals surface area contributed by atoms with E-state index in [2.05, 4.69) is 24.1 Å². The number of hydrogen-bond donors (Lipinski definition) is 1. The summed E-state index contributed by atoms with van der Waals surface area (Å²) in [5.41, 5.74) is 0.607. The summed E-state index contributed by atoms with van der Waals surface area (Å²) in [5, 5.41) is 12.4. The predicted octanol–water partition coefficient (Wildman–Crippen LogP) is 3.67. The Bertz CT molecular complexity index is 671. The van der Waals surface area contributed by atoms with Crippen LogP contribution in [-0.4, -0.2) is 31.0 Å². The molecular weight excluding hydrogens is 326 g/mol. The van der Waals surface area contributed by atoms with Gasteiger partial charge in [0.1, 0.15) is 17.4 Å². The van der Waals surface area contributed by atoms with E-state index in [1.54, 1.807) is 24.4 Å². The van der Waals surface area contributed by atoms with Gasteiger partial charge in [0, 0.05) is 25.0 Å². The number of methoxy groups -OCH3 is 1. The van der Waals surface area contributed by atoms with Gasteiger partial charge < -0.3 is 15.0 Å². The lowest BCUT2D eigenvalue weighted by molar-refractivity contribution is -0.112. The fourth-order valence-electron chi connectivity index (χ4n) is 3.08. The first-order valence-electron chi connectivity index (χ1n) is 7.93. The van der Waals surface area contributed by atoms with Gasteiger partial charge >= 0.3 is 0 Å². The molecule has 6 heteroatoms. The van der Waals surface area contributed by atoms with Crippen molar-refractivity contribution >= 4 is 23.2 Å². The number of carbonyl (C=O) groups is 1. The molecule has 2 rings (SSSR count). The van der Waals surface area contributed by atoms with Crippen LogP contribution in [0.4, 0.5) is 5.69 Å². The molecule has 2 unspecified atom stereocenters. The molecule has 5 nitrogen and oxygen atoms in total. The van der Waals surface area contributed by atoms with Crippen LogP contribution in [-0.2, 0) is 4.79 Å². The molecule has 0 radical (unpaired) electrons. The first-order chi connectivity index (χ1) is 11.4. The molecule has 1 heterocycles. The number of nitrogens with one attached hydrogen (secondary N) is 1. The Balaban J connectivity index is 2.10. The van der Waals surface area contributed by atoms with Crippen molar-refractivity contribution in [1.29, 1.82) is 5.26 Å². The number of anilines is 1. The predicted molar refractivity (Wildman–Crippen MR) is 94.8 cm³/mol. The Hall–Kier alpha value is -2.19. The Labute approximate surface area is 147 Å². The van der Waals surface area contributed by atoms with Crippen molar-refractivity contribution in [2.45, 2.75) is 20.3 Å². The fourth-order valence-corrected chi connectivity index (χ4v) is 3.34. The van der Waals surface area contributed by atoms with Gasteiger partial charge in [-0.15, -0.1) is 0 Å². The summed E-state index contributed by atoms with van der Waals surface area (Å²) in [4.78, 5) is 14.4. The summed E-state index contributed by atoms with van der Waals surface area (Å²) in [5.74, 6) is 1.19. The lowest BCUT2D eigenvalue weighted by Crippen LogP contribution is -2.35. The quantitative estimate of drug-likeness (QED) is 0.666. The molecule has 0 saturated carbocycles. The highest BCUT2D eigenvalue weighted by Gasteiger charge is 2.21. The van der Waals surface area contributed by atoms with Crippen LogP contribution in [0.1, 0.15) is 20.3 Å². The van der Waals surface area contributed by atoms with Crippen molar-refractivity contribution in [3.05, 3.63) is 35.0 Å². The van der Waals surface area contributed by atoms with Gasteiger partial charge in [0.05, 0.1) is 12.1 Å². The minimum absolute atomic E-state index is 0.0863. The van der Waals surface area contributed by atoms with Gasteiger partial charge in [-0.2, -0.15) is 5.26 Å². The van der Waals surface area contributed by atoms with Crippen molar-refractivity contribution in [1.82, 2.24) is 4.90 Å². The third-order valence-corrected chi connectivity index (χ3v) is 4.28. The van der Waals surface area contributed by atoms with Crippen LogP contribution < -0.4 is 10.1 Å². The summed E-state index contributed by atoms with van der Waals surface area (Å²) in [6.45, 7) is 6.08. The molecular formula is C18H22ClN3O2. The molecule has 0 aliphatic carbocycles. The number of rotatable bonds is 4. The highest BCUT2D eigenvalue weighted by atomic mass is 35.5. The lowest BCUT2D eigenvalue weighted by atomic mass is 9.92. The molecule has 1 N–H and O–H groups in total. The Morgan fingerprint density at radius 1 is 1.42 bits per heavy atom. The van der Waals surface area contributed by atoms with Crippen LogP contribution in [0, 0.1) is 23.2 Å². The summed E-state index contributed by atoms with van der Waals surface area (Å²) in [6.07, 6.45) is 2.83. The number of nitriles is 1. The monoisotopic (exact) mass is 347 g/mol. The minimum atomic E-state index is -0.440. The zero-order valence-corrected chi connectivity index (χ0v) is 14.9. The Kier molecular flexibility index (Phi) is 6.10. The summed E-state index contributed by atoms with van der Waals surface area (Å²) in [6, 6.07) is 6.93. The number of carbonyl (C=O) groups excluding carboxylic acids is 1. The van der Waals surface area contributed by atoms with E-state index in [0.29, 0.717) is 28.3 Å². The summed E-state index contributed by atoms with van der Waals surface area (Å²) in [7, 11) is 1.52. The van der Waals surface area contributed by atoms with Gasteiger partial charge in [0.25, 0.3) is 5.91 Å². The van der Waals surface area contributed by atoms with Crippen LogP contribution in [0.15, 0.2) is 30.0 Å². The van der Waals surface area contributed by atoms with Crippen LogP contribution in [0.25, 0.3) is 0 Å². The second kappa shape index (κ2) is 8.07. The molecule has 1 aromatic carbocycles. The first-order valence-corrected chi connectivity index (χ1v) is 8.31. The third-order valence-electron chi connectivity index (χ3n) is 3.98.